The van der Waals surface area contributed by atoms with Crippen molar-refractivity contribution < 1.29 is 4.74 Å². The quantitative estimate of drug-likeness (QED) is 0.907. The van der Waals surface area contributed by atoms with Crippen molar-refractivity contribution >= 4 is 0 Å². The Morgan fingerprint density at radius 1 is 0.960 bits per heavy atom. The number of ether oxygens (including phenoxy) is 1. The van der Waals surface area contributed by atoms with Crippen LogP contribution in [0.15, 0.2) is 54.6 Å². The van der Waals surface area contributed by atoms with Crippen molar-refractivity contribution in [3.8, 4) is 0 Å². The van der Waals surface area contributed by atoms with E-state index in [-0.39, 0.29) is 5.41 Å². The summed E-state index contributed by atoms with van der Waals surface area (Å²) in [6.45, 7) is 7.09. The van der Waals surface area contributed by atoms with Crippen LogP contribution in [0, 0.1) is 0 Å². The monoisotopic (exact) mass is 336 g/mol. The standard InChI is InChI=1S/C22H28N2O/c1-2-8-20(9-3-1)22(11-6-12-24-13-15-25-16-14-24)18-23-17-19-7-4-5-10-21(19)22/h1-5,7-10,23H,6,11-18H2. The molecule has 4 rings (SSSR count). The average molecular weight is 336 g/mol. The average Bonchev–Trinajstić information content (AvgIpc) is 2.70. The van der Waals surface area contributed by atoms with Crippen LogP contribution in [-0.4, -0.2) is 44.3 Å². The molecule has 2 heterocycles. The molecule has 0 spiro atoms. The molecule has 2 aromatic carbocycles. The van der Waals surface area contributed by atoms with Crippen LogP contribution < -0.4 is 5.32 Å². The van der Waals surface area contributed by atoms with Gasteiger partial charge in [0.25, 0.3) is 0 Å². The highest BCUT2D eigenvalue weighted by atomic mass is 16.5. The molecule has 0 aromatic heterocycles. The zero-order valence-electron chi connectivity index (χ0n) is 14.9. The van der Waals surface area contributed by atoms with E-state index >= 15 is 0 Å². The molecule has 0 bridgehead atoms. The molecular formula is C22H28N2O. The van der Waals surface area contributed by atoms with Gasteiger partial charge >= 0.3 is 0 Å². The van der Waals surface area contributed by atoms with E-state index < -0.39 is 0 Å². The van der Waals surface area contributed by atoms with Crippen LogP contribution in [0.5, 0.6) is 0 Å². The number of nitrogens with one attached hydrogen (secondary N) is 1. The van der Waals surface area contributed by atoms with Crippen molar-refractivity contribution in [3.63, 3.8) is 0 Å². The number of benzene rings is 2. The molecule has 1 saturated heterocycles. The fourth-order valence-corrected chi connectivity index (χ4v) is 4.46. The molecule has 0 saturated carbocycles. The zero-order chi connectivity index (χ0) is 17.0. The van der Waals surface area contributed by atoms with Crippen molar-refractivity contribution in [1.29, 1.82) is 0 Å². The fraction of sp³-hybridized carbons (Fsp3) is 0.455. The first-order valence-corrected chi connectivity index (χ1v) is 9.53. The Kier molecular flexibility index (Phi) is 5.16. The summed E-state index contributed by atoms with van der Waals surface area (Å²) in [6.07, 6.45) is 2.39. The Bertz CT molecular complexity index is 681. The zero-order valence-corrected chi connectivity index (χ0v) is 14.9. The lowest BCUT2D eigenvalue weighted by atomic mass is 9.68. The first kappa shape index (κ1) is 16.8. The smallest absolute Gasteiger partial charge is 0.0594 e. The summed E-state index contributed by atoms with van der Waals surface area (Å²) >= 11 is 0. The minimum Gasteiger partial charge on any atom is -0.379 e. The summed E-state index contributed by atoms with van der Waals surface area (Å²) < 4.78 is 5.48. The topological polar surface area (TPSA) is 24.5 Å². The minimum absolute atomic E-state index is 0.0857. The van der Waals surface area contributed by atoms with E-state index in [0.717, 1.165) is 39.4 Å². The van der Waals surface area contributed by atoms with Gasteiger partial charge in [-0.2, -0.15) is 0 Å². The second kappa shape index (κ2) is 7.69. The third kappa shape index (κ3) is 3.50. The number of nitrogens with zero attached hydrogens (tertiary/aromatic N) is 1. The van der Waals surface area contributed by atoms with Gasteiger partial charge in [0.15, 0.2) is 0 Å². The molecule has 3 nitrogen and oxygen atoms in total. The third-order valence-electron chi connectivity index (χ3n) is 5.78. The van der Waals surface area contributed by atoms with E-state index in [9.17, 15) is 0 Å². The molecule has 2 aliphatic rings. The van der Waals surface area contributed by atoms with Crippen molar-refractivity contribution in [2.45, 2.75) is 24.8 Å². The lowest BCUT2D eigenvalue weighted by molar-refractivity contribution is 0.0365. The van der Waals surface area contributed by atoms with E-state index in [1.165, 1.54) is 36.1 Å². The lowest BCUT2D eigenvalue weighted by Gasteiger charge is -2.41. The Morgan fingerprint density at radius 3 is 2.56 bits per heavy atom. The minimum atomic E-state index is 0.0857. The van der Waals surface area contributed by atoms with E-state index in [2.05, 4.69) is 64.8 Å². The van der Waals surface area contributed by atoms with Crippen molar-refractivity contribution in [2.24, 2.45) is 0 Å². The van der Waals surface area contributed by atoms with Crippen LogP contribution in [-0.2, 0) is 16.7 Å². The molecule has 2 aliphatic heterocycles. The van der Waals surface area contributed by atoms with Crippen LogP contribution >= 0.6 is 0 Å². The lowest BCUT2D eigenvalue weighted by Crippen LogP contribution is -2.45. The molecule has 132 valence electrons. The van der Waals surface area contributed by atoms with Crippen molar-refractivity contribution in [3.05, 3.63) is 71.3 Å². The van der Waals surface area contributed by atoms with Gasteiger partial charge in [0.1, 0.15) is 0 Å². The maximum Gasteiger partial charge on any atom is 0.0594 e. The van der Waals surface area contributed by atoms with Gasteiger partial charge in [-0.05, 0) is 36.1 Å². The molecule has 2 aromatic rings. The predicted octanol–water partition coefficient (Wildman–Crippen LogP) is 3.19. The molecule has 1 N–H and O–H groups in total. The van der Waals surface area contributed by atoms with Gasteiger partial charge in [0, 0.05) is 31.6 Å². The molecule has 1 fully saturated rings. The Morgan fingerprint density at radius 2 is 1.72 bits per heavy atom. The second-order valence-electron chi connectivity index (χ2n) is 7.27. The summed E-state index contributed by atoms with van der Waals surface area (Å²) in [5, 5.41) is 3.69. The van der Waals surface area contributed by atoms with Gasteiger partial charge in [-0.25, -0.2) is 0 Å². The summed E-state index contributed by atoms with van der Waals surface area (Å²) in [5.74, 6) is 0. The summed E-state index contributed by atoms with van der Waals surface area (Å²) in [7, 11) is 0. The highest BCUT2D eigenvalue weighted by Gasteiger charge is 2.37. The first-order valence-electron chi connectivity index (χ1n) is 9.53. The van der Waals surface area contributed by atoms with Crippen molar-refractivity contribution in [2.75, 3.05) is 39.4 Å². The molecule has 1 unspecified atom stereocenters. The number of fused-ring (bicyclic) bond motifs is 1. The molecule has 0 aliphatic carbocycles. The number of morpholine rings is 1. The largest absolute Gasteiger partial charge is 0.379 e. The highest BCUT2D eigenvalue weighted by Crippen LogP contribution is 2.40. The van der Waals surface area contributed by atoms with Crippen LogP contribution in [0.25, 0.3) is 0 Å². The normalized spacial score (nSPS) is 24.0. The summed E-state index contributed by atoms with van der Waals surface area (Å²) in [6, 6.07) is 20.1. The van der Waals surface area contributed by atoms with Gasteiger partial charge in [0.2, 0.25) is 0 Å². The van der Waals surface area contributed by atoms with Crippen LogP contribution in [0.3, 0.4) is 0 Å². The van der Waals surface area contributed by atoms with Gasteiger partial charge < -0.3 is 10.1 Å². The van der Waals surface area contributed by atoms with E-state index in [0.29, 0.717) is 0 Å². The van der Waals surface area contributed by atoms with Crippen LogP contribution in [0.1, 0.15) is 29.5 Å². The van der Waals surface area contributed by atoms with E-state index in [1.807, 2.05) is 0 Å². The maximum absolute atomic E-state index is 5.48. The van der Waals surface area contributed by atoms with Crippen molar-refractivity contribution in [1.82, 2.24) is 10.2 Å². The molecule has 0 radical (unpaired) electrons. The van der Waals surface area contributed by atoms with Crippen LogP contribution in [0.4, 0.5) is 0 Å². The van der Waals surface area contributed by atoms with Gasteiger partial charge in [0.05, 0.1) is 13.2 Å². The Hall–Kier alpha value is -1.68. The van der Waals surface area contributed by atoms with E-state index in [4.69, 9.17) is 4.74 Å². The van der Waals surface area contributed by atoms with Gasteiger partial charge in [-0.1, -0.05) is 54.6 Å². The molecule has 1 atom stereocenters. The van der Waals surface area contributed by atoms with Gasteiger partial charge in [-0.3, -0.25) is 4.90 Å². The van der Waals surface area contributed by atoms with E-state index in [1.54, 1.807) is 0 Å². The fourth-order valence-electron chi connectivity index (χ4n) is 4.46. The third-order valence-corrected chi connectivity index (χ3v) is 5.78. The number of hydrogen-bond acceptors (Lipinski definition) is 3. The molecular weight excluding hydrogens is 308 g/mol. The Balaban J connectivity index is 1.59. The molecule has 3 heteroatoms. The number of hydrogen-bond donors (Lipinski definition) is 1. The van der Waals surface area contributed by atoms with Gasteiger partial charge in [-0.15, -0.1) is 0 Å². The maximum atomic E-state index is 5.48. The Labute approximate surface area is 151 Å². The summed E-state index contributed by atoms with van der Waals surface area (Å²) in [4.78, 5) is 2.55. The number of rotatable bonds is 5. The molecule has 25 heavy (non-hydrogen) atoms. The highest BCUT2D eigenvalue weighted by molar-refractivity contribution is 5.46. The van der Waals surface area contributed by atoms with Crippen LogP contribution in [0.2, 0.25) is 0 Å². The first-order chi connectivity index (χ1) is 12.4. The molecule has 0 amide bonds. The predicted molar refractivity (Wildman–Crippen MR) is 102 cm³/mol. The SMILES string of the molecule is c1ccc(C2(CCCN3CCOCC3)CNCc3ccccc32)cc1. The second-order valence-corrected chi connectivity index (χ2v) is 7.27. The summed E-state index contributed by atoms with van der Waals surface area (Å²) in [5.41, 5.74) is 4.49.